The number of nitriles is 1. The van der Waals surface area contributed by atoms with E-state index in [1.165, 1.54) is 0 Å². The molecule has 8 heteroatoms. The second-order valence-corrected chi connectivity index (χ2v) is 7.51. The summed E-state index contributed by atoms with van der Waals surface area (Å²) in [5.41, 5.74) is 0. The fourth-order valence-corrected chi connectivity index (χ4v) is 2.34. The van der Waals surface area contributed by atoms with E-state index in [4.69, 9.17) is 40.1 Å². The molecule has 0 saturated heterocycles. The van der Waals surface area contributed by atoms with Gasteiger partial charge in [0.2, 0.25) is 9.74 Å². The Bertz CT molecular complexity index is 525. The van der Waals surface area contributed by atoms with Crippen molar-refractivity contribution in [2.24, 2.45) is 0 Å². The first kappa shape index (κ1) is 20.2. The number of aromatic nitrogens is 3. The van der Waals surface area contributed by atoms with Crippen LogP contribution < -0.4 is 4.90 Å². The van der Waals surface area contributed by atoms with E-state index in [1.54, 1.807) is 0 Å². The number of alkyl halides is 3. The van der Waals surface area contributed by atoms with Gasteiger partial charge in [0.15, 0.2) is 5.82 Å². The Morgan fingerprint density at radius 1 is 1.04 bits per heavy atom. The number of anilines is 1. The Morgan fingerprint density at radius 3 is 2.35 bits per heavy atom. The first-order valence-electron chi connectivity index (χ1n) is 7.86. The van der Waals surface area contributed by atoms with Crippen molar-refractivity contribution in [3.05, 3.63) is 11.6 Å². The molecule has 0 N–H and O–H groups in total. The molecular formula is C15H22Cl3N5. The number of aryl methyl sites for hydroxylation is 1. The Kier molecular flexibility index (Phi) is 8.90. The van der Waals surface area contributed by atoms with Crippen molar-refractivity contribution in [1.82, 2.24) is 15.0 Å². The average Bonchev–Trinajstić information content (AvgIpc) is 2.50. The summed E-state index contributed by atoms with van der Waals surface area (Å²) in [4.78, 5) is 15.0. The standard InChI is InChI=1S/C15H22Cl3N5/c1-3-5-6-8-12-20-13(15(16,17)18)22-14(21-12)23(10-4-2)11-7-9-19/h3-8,10-11H2,1-2H3. The van der Waals surface area contributed by atoms with E-state index in [-0.39, 0.29) is 5.82 Å². The predicted molar refractivity (Wildman–Crippen MR) is 95.0 cm³/mol. The van der Waals surface area contributed by atoms with Crippen molar-refractivity contribution in [2.45, 2.75) is 56.2 Å². The molecule has 0 unspecified atom stereocenters. The van der Waals surface area contributed by atoms with Gasteiger partial charge in [0, 0.05) is 19.5 Å². The van der Waals surface area contributed by atoms with E-state index in [0.717, 1.165) is 38.6 Å². The summed E-state index contributed by atoms with van der Waals surface area (Å²) in [6.45, 7) is 5.47. The number of hydrogen-bond donors (Lipinski definition) is 0. The molecule has 0 saturated carbocycles. The molecular weight excluding hydrogens is 357 g/mol. The van der Waals surface area contributed by atoms with Gasteiger partial charge >= 0.3 is 0 Å². The Labute approximate surface area is 153 Å². The van der Waals surface area contributed by atoms with Crippen molar-refractivity contribution in [1.29, 1.82) is 5.26 Å². The number of nitrogens with zero attached hydrogens (tertiary/aromatic N) is 5. The Morgan fingerprint density at radius 2 is 1.78 bits per heavy atom. The van der Waals surface area contributed by atoms with Crippen molar-refractivity contribution in [3.63, 3.8) is 0 Å². The highest BCUT2D eigenvalue weighted by molar-refractivity contribution is 6.66. The molecule has 0 aliphatic heterocycles. The van der Waals surface area contributed by atoms with Crippen LogP contribution in [0.3, 0.4) is 0 Å². The van der Waals surface area contributed by atoms with Crippen LogP contribution >= 0.6 is 34.8 Å². The minimum absolute atomic E-state index is 0.136. The number of unbranched alkanes of at least 4 members (excludes halogenated alkanes) is 2. The summed E-state index contributed by atoms with van der Waals surface area (Å²) in [6.07, 6.45) is 5.20. The predicted octanol–water partition coefficient (Wildman–Crippen LogP) is 4.56. The second kappa shape index (κ2) is 10.1. The first-order valence-corrected chi connectivity index (χ1v) is 8.99. The highest BCUT2D eigenvalue weighted by Crippen LogP contribution is 2.36. The van der Waals surface area contributed by atoms with Gasteiger partial charge in [-0.1, -0.05) is 61.5 Å². The summed E-state index contributed by atoms with van der Waals surface area (Å²) in [5, 5.41) is 8.82. The van der Waals surface area contributed by atoms with Crippen LogP contribution in [-0.2, 0) is 10.2 Å². The summed E-state index contributed by atoms with van der Waals surface area (Å²) >= 11 is 17.9. The molecule has 0 atom stereocenters. The highest BCUT2D eigenvalue weighted by Gasteiger charge is 2.29. The van der Waals surface area contributed by atoms with E-state index < -0.39 is 3.79 Å². The lowest BCUT2D eigenvalue weighted by Crippen LogP contribution is -2.29. The largest absolute Gasteiger partial charge is 0.340 e. The lowest BCUT2D eigenvalue weighted by Gasteiger charge is -2.22. The third-order valence-corrected chi connectivity index (χ3v) is 3.70. The molecule has 0 amide bonds. The van der Waals surface area contributed by atoms with E-state index in [0.29, 0.717) is 24.7 Å². The molecule has 0 aliphatic rings. The zero-order valence-corrected chi connectivity index (χ0v) is 15.8. The average molecular weight is 379 g/mol. The smallest absolute Gasteiger partial charge is 0.250 e. The van der Waals surface area contributed by atoms with Crippen LogP contribution in [0.25, 0.3) is 0 Å². The van der Waals surface area contributed by atoms with Gasteiger partial charge in [0.25, 0.3) is 0 Å². The minimum Gasteiger partial charge on any atom is -0.340 e. The minimum atomic E-state index is -1.69. The molecule has 0 spiro atoms. The van der Waals surface area contributed by atoms with Gasteiger partial charge in [-0.15, -0.1) is 0 Å². The maximum Gasteiger partial charge on any atom is 0.250 e. The highest BCUT2D eigenvalue weighted by atomic mass is 35.6. The number of rotatable bonds is 9. The van der Waals surface area contributed by atoms with Gasteiger partial charge in [-0.2, -0.15) is 15.2 Å². The molecule has 5 nitrogen and oxygen atoms in total. The van der Waals surface area contributed by atoms with Crippen LogP contribution in [0.2, 0.25) is 0 Å². The number of halogens is 3. The van der Waals surface area contributed by atoms with Crippen molar-refractivity contribution in [2.75, 3.05) is 18.0 Å². The van der Waals surface area contributed by atoms with Gasteiger partial charge < -0.3 is 4.90 Å². The van der Waals surface area contributed by atoms with Crippen LogP contribution in [0, 0.1) is 11.3 Å². The molecule has 1 aromatic heterocycles. The maximum absolute atomic E-state index is 8.82. The van der Waals surface area contributed by atoms with Crippen LogP contribution in [0.5, 0.6) is 0 Å². The van der Waals surface area contributed by atoms with Crippen LogP contribution in [0.4, 0.5) is 5.95 Å². The van der Waals surface area contributed by atoms with E-state index in [9.17, 15) is 0 Å². The van der Waals surface area contributed by atoms with Crippen LogP contribution in [-0.4, -0.2) is 28.0 Å². The molecule has 1 rings (SSSR count). The molecule has 0 aliphatic carbocycles. The molecule has 0 fully saturated rings. The molecule has 0 aromatic carbocycles. The Balaban J connectivity index is 3.11. The zero-order chi connectivity index (χ0) is 17.3. The first-order chi connectivity index (χ1) is 10.9. The number of hydrogen-bond acceptors (Lipinski definition) is 5. The van der Waals surface area contributed by atoms with Crippen molar-refractivity contribution >= 4 is 40.8 Å². The lowest BCUT2D eigenvalue weighted by molar-refractivity contribution is 0.669. The van der Waals surface area contributed by atoms with E-state index in [1.807, 2.05) is 4.90 Å². The normalized spacial score (nSPS) is 11.3. The lowest BCUT2D eigenvalue weighted by atomic mass is 10.2. The van der Waals surface area contributed by atoms with Crippen LogP contribution in [0.1, 0.15) is 57.6 Å². The summed E-state index contributed by atoms with van der Waals surface area (Å²) < 4.78 is -1.69. The quantitative estimate of drug-likeness (QED) is 0.465. The molecule has 1 heterocycles. The van der Waals surface area contributed by atoms with Crippen LogP contribution in [0.15, 0.2) is 0 Å². The molecule has 1 aromatic rings. The topological polar surface area (TPSA) is 65.7 Å². The molecule has 0 bridgehead atoms. The molecule has 23 heavy (non-hydrogen) atoms. The molecule has 128 valence electrons. The summed E-state index contributed by atoms with van der Waals surface area (Å²) in [6, 6.07) is 2.14. The maximum atomic E-state index is 8.82. The van der Waals surface area contributed by atoms with E-state index in [2.05, 4.69) is 34.9 Å². The Hall–Kier alpha value is -0.830. The molecule has 0 radical (unpaired) electrons. The van der Waals surface area contributed by atoms with Gasteiger partial charge in [-0.3, -0.25) is 0 Å². The monoisotopic (exact) mass is 377 g/mol. The fraction of sp³-hybridized carbons (Fsp3) is 0.733. The van der Waals surface area contributed by atoms with E-state index >= 15 is 0 Å². The summed E-state index contributed by atoms with van der Waals surface area (Å²) in [7, 11) is 0. The van der Waals surface area contributed by atoms with Gasteiger partial charge in [-0.05, 0) is 12.8 Å². The zero-order valence-electron chi connectivity index (χ0n) is 13.5. The third-order valence-electron chi connectivity index (χ3n) is 3.20. The second-order valence-electron chi connectivity index (χ2n) is 5.23. The third kappa shape index (κ3) is 7.07. The van der Waals surface area contributed by atoms with Crippen molar-refractivity contribution in [3.8, 4) is 6.07 Å². The van der Waals surface area contributed by atoms with Crippen molar-refractivity contribution < 1.29 is 0 Å². The van der Waals surface area contributed by atoms with Gasteiger partial charge in [0.05, 0.1) is 12.5 Å². The van der Waals surface area contributed by atoms with Gasteiger partial charge in [0.1, 0.15) is 5.82 Å². The fourth-order valence-electron chi connectivity index (χ4n) is 2.09. The summed E-state index contributed by atoms with van der Waals surface area (Å²) in [5.74, 6) is 1.24. The SMILES string of the molecule is CCCCCc1nc(N(CCC)CCC#N)nc(C(Cl)(Cl)Cl)n1. The van der Waals surface area contributed by atoms with Gasteiger partial charge in [-0.25, -0.2) is 4.98 Å².